The highest BCUT2D eigenvalue weighted by atomic mass is 19.4. The van der Waals surface area contributed by atoms with E-state index in [0.717, 1.165) is 13.2 Å². The van der Waals surface area contributed by atoms with E-state index in [0.29, 0.717) is 12.1 Å². The lowest BCUT2D eigenvalue weighted by molar-refractivity contribution is 0.0600. The van der Waals surface area contributed by atoms with E-state index in [-0.39, 0.29) is 5.56 Å². The van der Waals surface area contributed by atoms with Crippen LogP contribution in [-0.2, 0) is 4.74 Å². The lowest BCUT2D eigenvalue weighted by Crippen LogP contribution is -2.36. The van der Waals surface area contributed by atoms with Crippen LogP contribution in [0.4, 0.5) is 17.3 Å². The fourth-order valence-corrected chi connectivity index (χ4v) is 1.04. The molecule has 7 heteroatoms. The number of methoxy groups -OCH3 is 1. The van der Waals surface area contributed by atoms with E-state index >= 15 is 0 Å². The molecule has 0 spiro atoms. The summed E-state index contributed by atoms with van der Waals surface area (Å²) in [5.41, 5.74) is -1.60. The molecular weight excluding hydrogens is 215 g/mol. The summed E-state index contributed by atoms with van der Waals surface area (Å²) in [6.45, 7) is -5.40. The zero-order valence-electron chi connectivity index (χ0n) is 7.64. The number of carbonyl (C=O) groups excluding carboxylic acids is 1. The molecule has 0 heterocycles. The van der Waals surface area contributed by atoms with Gasteiger partial charge < -0.3 is 17.7 Å². The van der Waals surface area contributed by atoms with E-state index in [1.165, 1.54) is 0 Å². The topological polar surface area (TPSA) is 26.3 Å². The van der Waals surface area contributed by atoms with Crippen molar-refractivity contribution in [3.05, 3.63) is 29.6 Å². The number of hydrogen-bond acceptors (Lipinski definition) is 2. The quantitative estimate of drug-likeness (QED) is 0.431. The van der Waals surface area contributed by atoms with Gasteiger partial charge in [0.25, 0.3) is 0 Å². The number of esters is 1. The van der Waals surface area contributed by atoms with E-state index in [2.05, 4.69) is 4.74 Å². The van der Waals surface area contributed by atoms with E-state index in [1.807, 2.05) is 0 Å². The number of benzene rings is 1. The van der Waals surface area contributed by atoms with Gasteiger partial charge in [-0.3, -0.25) is 0 Å². The Labute approximate surface area is 82.9 Å². The molecule has 0 aromatic heterocycles. The smallest absolute Gasteiger partial charge is 0.465 e. The maximum Gasteiger partial charge on any atom is 0.512 e. The zero-order chi connectivity index (χ0) is 11.6. The second-order valence-corrected chi connectivity index (χ2v) is 2.80. The van der Waals surface area contributed by atoms with Crippen LogP contribution in [0.25, 0.3) is 0 Å². The number of carbonyl (C=O) groups is 1. The van der Waals surface area contributed by atoms with Gasteiger partial charge in [0.15, 0.2) is 0 Å². The molecule has 0 saturated heterocycles. The maximum absolute atomic E-state index is 12.9. The summed E-state index contributed by atoms with van der Waals surface area (Å²) in [7, 11) is 1.06. The molecule has 2 nitrogen and oxygen atoms in total. The molecule has 0 bridgehead atoms. The van der Waals surface area contributed by atoms with Crippen molar-refractivity contribution in [2.24, 2.45) is 0 Å². The minimum atomic E-state index is -5.40. The third-order valence-corrected chi connectivity index (χ3v) is 1.77. The van der Waals surface area contributed by atoms with Gasteiger partial charge in [-0.05, 0) is 6.07 Å². The molecule has 0 radical (unpaired) electrons. The van der Waals surface area contributed by atoms with Crippen molar-refractivity contribution < 1.29 is 26.9 Å². The van der Waals surface area contributed by atoms with Gasteiger partial charge >= 0.3 is 12.9 Å². The van der Waals surface area contributed by atoms with Crippen molar-refractivity contribution in [3.63, 3.8) is 0 Å². The van der Waals surface area contributed by atoms with E-state index in [9.17, 15) is 22.1 Å². The molecule has 0 aliphatic carbocycles. The second-order valence-electron chi connectivity index (χ2n) is 2.80. The summed E-state index contributed by atoms with van der Waals surface area (Å²) in [4.78, 5) is 10.9. The Bertz CT molecular complexity index is 389. The van der Waals surface area contributed by atoms with Crippen molar-refractivity contribution in [2.45, 2.75) is 0 Å². The first-order valence-electron chi connectivity index (χ1n) is 3.94. The van der Waals surface area contributed by atoms with Crippen molar-refractivity contribution in [1.82, 2.24) is 0 Å². The number of rotatable bonds is 2. The molecule has 0 aliphatic heterocycles. The molecule has 0 saturated carbocycles. The molecule has 1 aromatic rings. The Kier molecular flexibility index (Phi) is 3.02. The highest BCUT2D eigenvalue weighted by molar-refractivity contribution is 6.73. The predicted molar refractivity (Wildman–Crippen MR) is 46.5 cm³/mol. The van der Waals surface area contributed by atoms with Crippen LogP contribution in [0.5, 0.6) is 0 Å². The van der Waals surface area contributed by atoms with E-state index in [4.69, 9.17) is 0 Å². The zero-order valence-corrected chi connectivity index (χ0v) is 7.64. The first-order valence-corrected chi connectivity index (χ1v) is 3.94. The van der Waals surface area contributed by atoms with Gasteiger partial charge in [0.1, 0.15) is 0 Å². The molecule has 1 aromatic carbocycles. The van der Waals surface area contributed by atoms with Crippen molar-refractivity contribution >= 4 is 18.4 Å². The van der Waals surface area contributed by atoms with Gasteiger partial charge in [0.05, 0.1) is 18.5 Å². The van der Waals surface area contributed by atoms with Crippen LogP contribution in [0.2, 0.25) is 0 Å². The summed E-state index contributed by atoms with van der Waals surface area (Å²) in [5.74, 6) is -2.35. The molecule has 1 rings (SSSR count). The third kappa shape index (κ3) is 2.48. The van der Waals surface area contributed by atoms with Crippen LogP contribution in [-0.4, -0.2) is 20.1 Å². The average Bonchev–Trinajstić information content (AvgIpc) is 2.14. The van der Waals surface area contributed by atoms with E-state index in [1.54, 1.807) is 0 Å². The summed E-state index contributed by atoms with van der Waals surface area (Å²) in [6, 6.07) is 1.91. The molecule has 0 amide bonds. The summed E-state index contributed by atoms with van der Waals surface area (Å²) in [5, 5.41) is 0. The monoisotopic (exact) mass is 221 g/mol. The van der Waals surface area contributed by atoms with Crippen LogP contribution in [0.1, 0.15) is 10.4 Å². The average molecular weight is 221 g/mol. The van der Waals surface area contributed by atoms with Crippen LogP contribution in [0, 0.1) is 5.82 Å². The minimum absolute atomic E-state index is 0.251. The van der Waals surface area contributed by atoms with Crippen LogP contribution in [0.3, 0.4) is 0 Å². The second kappa shape index (κ2) is 3.92. The molecule has 0 aliphatic rings. The highest BCUT2D eigenvalue weighted by Gasteiger charge is 2.29. The molecule has 15 heavy (non-hydrogen) atoms. The van der Waals surface area contributed by atoms with Gasteiger partial charge in [-0.15, -0.1) is 0 Å². The normalized spacial score (nSPS) is 11.3. The number of ether oxygens (including phenoxy) is 1. The molecule has 0 unspecified atom stereocenters. The fraction of sp³-hybridized carbons (Fsp3) is 0.125. The third-order valence-electron chi connectivity index (χ3n) is 1.77. The Morgan fingerprint density at radius 1 is 1.33 bits per heavy atom. The van der Waals surface area contributed by atoms with Crippen LogP contribution >= 0.6 is 0 Å². The fourth-order valence-electron chi connectivity index (χ4n) is 1.04. The predicted octanol–water partition coefficient (Wildman–Crippen LogP) is 1.67. The minimum Gasteiger partial charge on any atom is -0.465 e. The van der Waals surface area contributed by atoms with Gasteiger partial charge in [-0.25, -0.2) is 9.18 Å². The summed E-state index contributed by atoms with van der Waals surface area (Å²) in [6.07, 6.45) is 0. The first-order chi connectivity index (χ1) is 6.86. The van der Waals surface area contributed by atoms with Gasteiger partial charge in [-0.2, -0.15) is 0 Å². The van der Waals surface area contributed by atoms with Crippen molar-refractivity contribution in [1.29, 1.82) is 0 Å². The van der Waals surface area contributed by atoms with Crippen LogP contribution < -0.4 is 5.46 Å². The van der Waals surface area contributed by atoms with E-state index < -0.39 is 24.2 Å². The lowest BCUT2D eigenvalue weighted by atomic mass is 9.79. The Balaban J connectivity index is 3.15. The van der Waals surface area contributed by atoms with Gasteiger partial charge in [-0.1, -0.05) is 17.6 Å². The Morgan fingerprint density at radius 3 is 2.33 bits per heavy atom. The number of halogens is 4. The Morgan fingerprint density at radius 2 is 1.93 bits per heavy atom. The molecular formula is C8H6BF4O2-. The summed E-state index contributed by atoms with van der Waals surface area (Å²) >= 11 is 0. The molecule has 0 N–H and O–H groups in total. The SMILES string of the molecule is COC(=O)c1ccc([B-](F)(F)F)c(F)c1. The maximum atomic E-state index is 12.9. The number of hydrogen-bond donors (Lipinski definition) is 0. The standard InChI is InChI=1S/C8H6BF4O2/c1-15-8(14)5-2-3-6(7(10)4-5)9(11,12)13/h2-4H,1H3/q-1. The van der Waals surface area contributed by atoms with Gasteiger partial charge in [0.2, 0.25) is 0 Å². The van der Waals surface area contributed by atoms with Crippen molar-refractivity contribution in [2.75, 3.05) is 7.11 Å². The molecule has 0 atom stereocenters. The lowest BCUT2D eigenvalue weighted by Gasteiger charge is -2.15. The summed E-state index contributed by atoms with van der Waals surface area (Å²) < 4.78 is 53.7. The Hall–Kier alpha value is -1.53. The van der Waals surface area contributed by atoms with Crippen LogP contribution in [0.15, 0.2) is 18.2 Å². The van der Waals surface area contributed by atoms with Crippen molar-refractivity contribution in [3.8, 4) is 0 Å². The first kappa shape index (κ1) is 11.5. The molecule has 82 valence electrons. The van der Waals surface area contributed by atoms with Gasteiger partial charge in [0, 0.05) is 0 Å². The molecule has 0 fully saturated rings. The largest absolute Gasteiger partial charge is 0.512 e. The highest BCUT2D eigenvalue weighted by Crippen LogP contribution is 2.13.